The SMILES string of the molecule is COC(c1ccc(Cl)cc1)C(C)Nc1nn2c(=O)ccnc2s1. The van der Waals surface area contributed by atoms with E-state index in [9.17, 15) is 4.79 Å². The third-order valence-electron chi connectivity index (χ3n) is 3.43. The molecule has 2 aromatic heterocycles. The van der Waals surface area contributed by atoms with Crippen LogP contribution in [0.4, 0.5) is 5.13 Å². The number of ether oxygens (including phenoxy) is 1. The minimum atomic E-state index is -0.201. The van der Waals surface area contributed by atoms with Gasteiger partial charge in [0.1, 0.15) is 6.10 Å². The van der Waals surface area contributed by atoms with Crippen LogP contribution in [-0.4, -0.2) is 27.7 Å². The summed E-state index contributed by atoms with van der Waals surface area (Å²) in [6.07, 6.45) is 1.30. The lowest BCUT2D eigenvalue weighted by atomic mass is 10.0. The molecule has 0 aliphatic rings. The maximum absolute atomic E-state index is 11.7. The highest BCUT2D eigenvalue weighted by Crippen LogP contribution is 2.26. The molecule has 2 heterocycles. The van der Waals surface area contributed by atoms with Gasteiger partial charge in [0.15, 0.2) is 0 Å². The van der Waals surface area contributed by atoms with E-state index in [0.717, 1.165) is 5.56 Å². The molecule has 3 aromatic rings. The van der Waals surface area contributed by atoms with Crippen molar-refractivity contribution in [1.29, 1.82) is 0 Å². The molecule has 0 radical (unpaired) electrons. The first kappa shape index (κ1) is 15.9. The molecule has 0 aliphatic heterocycles. The molecule has 0 fully saturated rings. The Balaban J connectivity index is 1.83. The Morgan fingerprint density at radius 2 is 2.04 bits per heavy atom. The predicted octanol–water partition coefficient (Wildman–Crippen LogP) is 2.99. The van der Waals surface area contributed by atoms with Crippen LogP contribution in [0.1, 0.15) is 18.6 Å². The van der Waals surface area contributed by atoms with Crippen LogP contribution in [-0.2, 0) is 4.74 Å². The summed E-state index contributed by atoms with van der Waals surface area (Å²) in [5.74, 6) is 0. The highest BCUT2D eigenvalue weighted by Gasteiger charge is 2.20. The van der Waals surface area contributed by atoms with Crippen molar-refractivity contribution in [2.24, 2.45) is 0 Å². The van der Waals surface area contributed by atoms with Crippen LogP contribution in [0.25, 0.3) is 4.96 Å². The standard InChI is InChI=1S/C15H15ClN4O2S/c1-9(13(22-2)10-3-5-11(16)6-4-10)18-14-19-20-12(21)7-8-17-15(20)23-14/h3-9,13H,1-2H3,(H,18,19). The fraction of sp³-hybridized carbons (Fsp3) is 0.267. The molecule has 1 N–H and O–H groups in total. The van der Waals surface area contributed by atoms with E-state index in [4.69, 9.17) is 16.3 Å². The summed E-state index contributed by atoms with van der Waals surface area (Å²) in [5.41, 5.74) is 0.807. The number of hydrogen-bond donors (Lipinski definition) is 1. The van der Waals surface area contributed by atoms with Crippen molar-refractivity contribution in [2.45, 2.75) is 19.1 Å². The van der Waals surface area contributed by atoms with Gasteiger partial charge in [0, 0.05) is 24.4 Å². The molecular formula is C15H15ClN4O2S. The molecule has 0 spiro atoms. The third-order valence-corrected chi connectivity index (χ3v) is 4.53. The zero-order valence-corrected chi connectivity index (χ0v) is 14.1. The Morgan fingerprint density at radius 3 is 2.70 bits per heavy atom. The Morgan fingerprint density at radius 1 is 1.30 bits per heavy atom. The number of halogens is 1. The number of benzene rings is 1. The number of nitrogens with zero attached hydrogens (tertiary/aromatic N) is 3. The van der Waals surface area contributed by atoms with Crippen LogP contribution >= 0.6 is 22.9 Å². The highest BCUT2D eigenvalue weighted by molar-refractivity contribution is 7.20. The molecule has 0 bridgehead atoms. The molecule has 6 nitrogen and oxygen atoms in total. The Labute approximate surface area is 141 Å². The summed E-state index contributed by atoms with van der Waals surface area (Å²) in [7, 11) is 1.65. The average Bonchev–Trinajstić information content (AvgIpc) is 2.94. The second kappa shape index (κ2) is 6.66. The fourth-order valence-corrected chi connectivity index (χ4v) is 3.35. The first-order chi connectivity index (χ1) is 11.1. The highest BCUT2D eigenvalue weighted by atomic mass is 35.5. The number of rotatable bonds is 5. The van der Waals surface area contributed by atoms with Crippen molar-refractivity contribution in [3.63, 3.8) is 0 Å². The van der Waals surface area contributed by atoms with Crippen molar-refractivity contribution < 1.29 is 4.74 Å². The molecule has 2 atom stereocenters. The minimum Gasteiger partial charge on any atom is -0.375 e. The fourth-order valence-electron chi connectivity index (χ4n) is 2.35. The van der Waals surface area contributed by atoms with Crippen molar-refractivity contribution in [3.8, 4) is 0 Å². The number of nitrogens with one attached hydrogen (secondary N) is 1. The molecule has 0 saturated carbocycles. The van der Waals surface area contributed by atoms with Crippen LogP contribution in [0.5, 0.6) is 0 Å². The Bertz CT molecular complexity index is 862. The van der Waals surface area contributed by atoms with Crippen molar-refractivity contribution in [1.82, 2.24) is 14.6 Å². The van der Waals surface area contributed by atoms with Gasteiger partial charge in [-0.05, 0) is 24.6 Å². The number of anilines is 1. The predicted molar refractivity (Wildman–Crippen MR) is 91.4 cm³/mol. The van der Waals surface area contributed by atoms with Crippen LogP contribution in [0, 0.1) is 0 Å². The van der Waals surface area contributed by atoms with Crippen molar-refractivity contribution >= 4 is 33.0 Å². The number of aromatic nitrogens is 3. The van der Waals surface area contributed by atoms with E-state index in [1.165, 1.54) is 28.1 Å². The molecule has 1 aromatic carbocycles. The zero-order valence-electron chi connectivity index (χ0n) is 12.6. The van der Waals surface area contributed by atoms with E-state index in [-0.39, 0.29) is 17.7 Å². The van der Waals surface area contributed by atoms with Gasteiger partial charge in [-0.15, -0.1) is 5.10 Å². The molecular weight excluding hydrogens is 336 g/mol. The van der Waals surface area contributed by atoms with E-state index in [1.807, 2.05) is 31.2 Å². The topological polar surface area (TPSA) is 68.5 Å². The van der Waals surface area contributed by atoms with Gasteiger partial charge in [-0.2, -0.15) is 4.52 Å². The van der Waals surface area contributed by atoms with Crippen LogP contribution in [0.2, 0.25) is 5.02 Å². The zero-order chi connectivity index (χ0) is 16.4. The van der Waals surface area contributed by atoms with Crippen LogP contribution in [0.15, 0.2) is 41.3 Å². The van der Waals surface area contributed by atoms with E-state index in [0.29, 0.717) is 15.1 Å². The lowest BCUT2D eigenvalue weighted by Gasteiger charge is -2.23. The maximum atomic E-state index is 11.7. The molecule has 120 valence electrons. The van der Waals surface area contributed by atoms with E-state index < -0.39 is 0 Å². The Kier molecular flexibility index (Phi) is 4.61. The summed E-state index contributed by atoms with van der Waals surface area (Å²) in [6.45, 7) is 1.99. The number of hydrogen-bond acceptors (Lipinski definition) is 6. The van der Waals surface area contributed by atoms with Gasteiger partial charge < -0.3 is 10.1 Å². The maximum Gasteiger partial charge on any atom is 0.275 e. The molecule has 0 aliphatic carbocycles. The van der Waals surface area contributed by atoms with Crippen LogP contribution in [0.3, 0.4) is 0 Å². The summed E-state index contributed by atoms with van der Waals surface area (Å²) < 4.78 is 6.88. The molecule has 2 unspecified atom stereocenters. The summed E-state index contributed by atoms with van der Waals surface area (Å²) in [4.78, 5) is 16.4. The van der Waals surface area contributed by atoms with Gasteiger partial charge in [0.05, 0.1) is 6.04 Å². The largest absolute Gasteiger partial charge is 0.375 e. The normalized spacial score (nSPS) is 13.9. The van der Waals surface area contributed by atoms with Gasteiger partial charge in [0.25, 0.3) is 5.56 Å². The van der Waals surface area contributed by atoms with Crippen LogP contribution < -0.4 is 10.9 Å². The van der Waals surface area contributed by atoms with Crippen molar-refractivity contribution in [3.05, 3.63) is 57.5 Å². The van der Waals surface area contributed by atoms with E-state index in [2.05, 4.69) is 15.4 Å². The molecule has 8 heteroatoms. The second-order valence-electron chi connectivity index (χ2n) is 5.03. The van der Waals surface area contributed by atoms with Gasteiger partial charge in [-0.25, -0.2) is 4.98 Å². The lowest BCUT2D eigenvalue weighted by molar-refractivity contribution is 0.0907. The molecule has 0 saturated heterocycles. The van der Waals surface area contributed by atoms with Gasteiger partial charge >= 0.3 is 0 Å². The summed E-state index contributed by atoms with van der Waals surface area (Å²) in [5, 5.41) is 8.82. The van der Waals surface area contributed by atoms with Gasteiger partial charge in [0.2, 0.25) is 10.1 Å². The summed E-state index contributed by atoms with van der Waals surface area (Å²) in [6, 6.07) is 8.84. The minimum absolute atomic E-state index is 0.0579. The third kappa shape index (κ3) is 3.36. The Hall–Kier alpha value is -1.96. The quantitative estimate of drug-likeness (QED) is 0.766. The number of methoxy groups -OCH3 is 1. The molecule has 23 heavy (non-hydrogen) atoms. The monoisotopic (exact) mass is 350 g/mol. The first-order valence-electron chi connectivity index (χ1n) is 6.98. The van der Waals surface area contributed by atoms with Crippen molar-refractivity contribution in [2.75, 3.05) is 12.4 Å². The molecule has 0 amide bonds. The number of fused-ring (bicyclic) bond motifs is 1. The first-order valence-corrected chi connectivity index (χ1v) is 8.17. The van der Waals surface area contributed by atoms with E-state index in [1.54, 1.807) is 7.11 Å². The lowest BCUT2D eigenvalue weighted by Crippen LogP contribution is -2.25. The molecule has 3 rings (SSSR count). The smallest absolute Gasteiger partial charge is 0.275 e. The second-order valence-corrected chi connectivity index (χ2v) is 6.42. The van der Waals surface area contributed by atoms with E-state index >= 15 is 0 Å². The summed E-state index contributed by atoms with van der Waals surface area (Å²) >= 11 is 7.24. The van der Waals surface area contributed by atoms with Gasteiger partial charge in [-0.3, -0.25) is 4.79 Å². The average molecular weight is 351 g/mol. The van der Waals surface area contributed by atoms with Gasteiger partial charge in [-0.1, -0.05) is 35.1 Å².